The van der Waals surface area contributed by atoms with Gasteiger partial charge in [0.15, 0.2) is 10.7 Å². The lowest BCUT2D eigenvalue weighted by molar-refractivity contribution is -0.129. The van der Waals surface area contributed by atoms with Crippen molar-refractivity contribution in [2.24, 2.45) is 0 Å². The molecule has 1 amide bonds. The zero-order valence-electron chi connectivity index (χ0n) is 11.5. The molecular formula is C10H17N5O3S2. The number of nitrogens with zero attached hydrogens (tertiary/aromatic N) is 4. The molecule has 8 nitrogen and oxygen atoms in total. The van der Waals surface area contributed by atoms with Gasteiger partial charge in [-0.3, -0.25) is 4.79 Å². The number of amides is 1. The van der Waals surface area contributed by atoms with Gasteiger partial charge in [-0.25, -0.2) is 12.7 Å². The van der Waals surface area contributed by atoms with Gasteiger partial charge in [-0.05, 0) is 11.5 Å². The lowest BCUT2D eigenvalue weighted by Crippen LogP contribution is -2.48. The maximum Gasteiger partial charge on any atom is 0.249 e. The van der Waals surface area contributed by atoms with Crippen LogP contribution < -0.4 is 10.6 Å². The predicted molar refractivity (Wildman–Crippen MR) is 77.2 cm³/mol. The van der Waals surface area contributed by atoms with E-state index in [9.17, 15) is 13.2 Å². The maximum absolute atomic E-state index is 12.3. The molecule has 0 bridgehead atoms. The Balaban J connectivity index is 2.43. The van der Waals surface area contributed by atoms with Crippen LogP contribution in [0.4, 0.5) is 10.8 Å². The molecule has 0 spiro atoms. The number of anilines is 2. The summed E-state index contributed by atoms with van der Waals surface area (Å²) in [5.74, 6) is -0.0819. The van der Waals surface area contributed by atoms with Gasteiger partial charge >= 0.3 is 0 Å². The molecule has 0 aliphatic carbocycles. The van der Waals surface area contributed by atoms with Crippen molar-refractivity contribution >= 4 is 38.3 Å². The van der Waals surface area contributed by atoms with E-state index in [0.717, 1.165) is 15.8 Å². The Morgan fingerprint density at radius 1 is 1.35 bits per heavy atom. The minimum absolute atomic E-state index is 0.00940. The SMILES string of the molecule is CN1CCN(c2snc(N)c2S(=O)(=O)N(C)C)CC1=O. The van der Waals surface area contributed by atoms with Gasteiger partial charge < -0.3 is 15.5 Å². The Kier molecular flexibility index (Phi) is 3.89. The average molecular weight is 319 g/mol. The minimum atomic E-state index is -3.69. The Morgan fingerprint density at radius 2 is 2.00 bits per heavy atom. The van der Waals surface area contributed by atoms with E-state index in [-0.39, 0.29) is 23.2 Å². The first-order valence-electron chi connectivity index (χ1n) is 5.91. The molecule has 1 saturated heterocycles. The summed E-state index contributed by atoms with van der Waals surface area (Å²) in [6.45, 7) is 1.23. The molecule has 0 atom stereocenters. The number of aromatic nitrogens is 1. The molecule has 1 aromatic rings. The van der Waals surface area contributed by atoms with Crippen molar-refractivity contribution in [3.63, 3.8) is 0 Å². The molecule has 10 heteroatoms. The zero-order valence-corrected chi connectivity index (χ0v) is 13.2. The highest BCUT2D eigenvalue weighted by atomic mass is 32.2. The molecule has 0 aromatic carbocycles. The van der Waals surface area contributed by atoms with E-state index in [4.69, 9.17) is 5.73 Å². The lowest BCUT2D eigenvalue weighted by Gasteiger charge is -2.32. The van der Waals surface area contributed by atoms with Gasteiger partial charge in [0.05, 0.1) is 6.54 Å². The first-order valence-corrected chi connectivity index (χ1v) is 8.13. The van der Waals surface area contributed by atoms with E-state index in [1.165, 1.54) is 14.1 Å². The number of carbonyl (C=O) groups excluding carboxylic acids is 1. The normalized spacial score (nSPS) is 17.1. The zero-order chi connectivity index (χ0) is 15.1. The number of nitrogen functional groups attached to an aromatic ring is 1. The summed E-state index contributed by atoms with van der Waals surface area (Å²) < 4.78 is 29.7. The smallest absolute Gasteiger partial charge is 0.249 e. The summed E-state index contributed by atoms with van der Waals surface area (Å²) in [6.07, 6.45) is 0. The third-order valence-electron chi connectivity index (χ3n) is 3.14. The van der Waals surface area contributed by atoms with Crippen LogP contribution in [0.15, 0.2) is 4.90 Å². The number of sulfonamides is 1. The number of hydrogen-bond donors (Lipinski definition) is 1. The Bertz CT molecular complexity index is 625. The van der Waals surface area contributed by atoms with Crippen LogP contribution in [0.1, 0.15) is 0 Å². The topological polar surface area (TPSA) is 99.8 Å². The monoisotopic (exact) mass is 319 g/mol. The van der Waals surface area contributed by atoms with Gasteiger partial charge in [-0.1, -0.05) is 0 Å². The van der Waals surface area contributed by atoms with Crippen molar-refractivity contribution in [1.29, 1.82) is 0 Å². The second-order valence-corrected chi connectivity index (χ2v) is 7.57. The third-order valence-corrected chi connectivity index (χ3v) is 6.07. The van der Waals surface area contributed by atoms with Crippen molar-refractivity contribution in [3.8, 4) is 0 Å². The second-order valence-electron chi connectivity index (χ2n) is 4.73. The number of nitrogens with two attached hydrogens (primary N) is 1. The summed E-state index contributed by atoms with van der Waals surface area (Å²) in [7, 11) is 0.907. The largest absolute Gasteiger partial charge is 0.382 e. The van der Waals surface area contributed by atoms with Crippen LogP contribution >= 0.6 is 11.5 Å². The highest BCUT2D eigenvalue weighted by Crippen LogP contribution is 2.36. The number of hydrogen-bond acceptors (Lipinski definition) is 7. The Hall–Kier alpha value is -1.39. The molecule has 1 aromatic heterocycles. The van der Waals surface area contributed by atoms with Gasteiger partial charge in [0.25, 0.3) is 0 Å². The molecule has 2 rings (SSSR count). The van der Waals surface area contributed by atoms with Gasteiger partial charge in [0.1, 0.15) is 5.00 Å². The molecule has 1 fully saturated rings. The van der Waals surface area contributed by atoms with Crippen LogP contribution in [-0.4, -0.2) is 68.7 Å². The summed E-state index contributed by atoms with van der Waals surface area (Å²) in [5.41, 5.74) is 5.71. The van der Waals surface area contributed by atoms with Crippen molar-refractivity contribution in [1.82, 2.24) is 13.6 Å². The molecule has 2 N–H and O–H groups in total. The van der Waals surface area contributed by atoms with Crippen LogP contribution in [0.5, 0.6) is 0 Å². The van der Waals surface area contributed by atoms with Gasteiger partial charge in [-0.15, -0.1) is 0 Å². The number of piperazine rings is 1. The minimum Gasteiger partial charge on any atom is -0.382 e. The molecule has 1 aliphatic rings. The fraction of sp³-hybridized carbons (Fsp3) is 0.600. The van der Waals surface area contributed by atoms with E-state index in [0.29, 0.717) is 18.1 Å². The molecular weight excluding hydrogens is 302 g/mol. The summed E-state index contributed by atoms with van der Waals surface area (Å²) in [5, 5.41) is 0.428. The lowest BCUT2D eigenvalue weighted by atomic mass is 10.3. The maximum atomic E-state index is 12.3. The molecule has 20 heavy (non-hydrogen) atoms. The Labute approximate surface area is 122 Å². The number of rotatable bonds is 3. The van der Waals surface area contributed by atoms with E-state index in [2.05, 4.69) is 4.37 Å². The highest BCUT2D eigenvalue weighted by molar-refractivity contribution is 7.89. The summed E-state index contributed by atoms with van der Waals surface area (Å²) in [4.78, 5) is 15.1. The van der Waals surface area contributed by atoms with Crippen LogP contribution in [0.25, 0.3) is 0 Å². The van der Waals surface area contributed by atoms with E-state index in [1.54, 1.807) is 16.8 Å². The second kappa shape index (κ2) is 5.19. The van der Waals surface area contributed by atoms with Crippen LogP contribution in [0.2, 0.25) is 0 Å². The summed E-state index contributed by atoms with van der Waals surface area (Å²) in [6, 6.07) is 0. The third kappa shape index (κ3) is 2.45. The number of likely N-dealkylation sites (N-methyl/N-ethyl adjacent to an activating group) is 1. The first-order chi connectivity index (χ1) is 9.25. The van der Waals surface area contributed by atoms with E-state index >= 15 is 0 Å². The van der Waals surface area contributed by atoms with Crippen molar-refractivity contribution in [3.05, 3.63) is 0 Å². The number of carbonyl (C=O) groups is 1. The van der Waals surface area contributed by atoms with Gasteiger partial charge in [0, 0.05) is 34.2 Å². The standard InChI is InChI=1S/C10H17N5O3S2/c1-13(2)20(17,18)8-9(11)12-19-10(8)15-5-4-14(3)7(16)6-15/h4-6H2,1-3H3,(H2,11,12). The van der Waals surface area contributed by atoms with E-state index < -0.39 is 10.0 Å². The van der Waals surface area contributed by atoms with Crippen LogP contribution in [0.3, 0.4) is 0 Å². The van der Waals surface area contributed by atoms with Crippen molar-refractivity contribution in [2.45, 2.75) is 4.90 Å². The summed E-state index contributed by atoms with van der Waals surface area (Å²) >= 11 is 1.00. The van der Waals surface area contributed by atoms with Crippen molar-refractivity contribution < 1.29 is 13.2 Å². The van der Waals surface area contributed by atoms with Crippen LogP contribution in [-0.2, 0) is 14.8 Å². The highest BCUT2D eigenvalue weighted by Gasteiger charge is 2.32. The van der Waals surface area contributed by atoms with Gasteiger partial charge in [-0.2, -0.15) is 4.37 Å². The van der Waals surface area contributed by atoms with Gasteiger partial charge in [0.2, 0.25) is 15.9 Å². The molecule has 112 valence electrons. The fourth-order valence-electron chi connectivity index (χ4n) is 1.84. The van der Waals surface area contributed by atoms with E-state index in [1.807, 2.05) is 0 Å². The molecule has 2 heterocycles. The predicted octanol–water partition coefficient (Wildman–Crippen LogP) is -0.746. The molecule has 0 saturated carbocycles. The van der Waals surface area contributed by atoms with Crippen LogP contribution in [0, 0.1) is 0 Å². The fourth-order valence-corrected chi connectivity index (χ4v) is 4.09. The molecule has 0 radical (unpaired) electrons. The molecule has 0 unspecified atom stereocenters. The Morgan fingerprint density at radius 3 is 2.55 bits per heavy atom. The molecule has 1 aliphatic heterocycles. The first kappa shape index (κ1) is 15.0. The average Bonchev–Trinajstić information content (AvgIpc) is 2.75. The van der Waals surface area contributed by atoms with Crippen molar-refractivity contribution in [2.75, 3.05) is 51.4 Å². The quantitative estimate of drug-likeness (QED) is 0.787.